The van der Waals surface area contributed by atoms with E-state index in [-0.39, 0.29) is 18.4 Å². The lowest BCUT2D eigenvalue weighted by Crippen LogP contribution is -2.52. The molecule has 1 saturated heterocycles. The Labute approximate surface area is 173 Å². The zero-order valence-electron chi connectivity index (χ0n) is 16.5. The van der Waals surface area contributed by atoms with Gasteiger partial charge in [0.25, 0.3) is 5.91 Å². The third-order valence-corrected chi connectivity index (χ3v) is 6.73. The zero-order chi connectivity index (χ0) is 20.6. The van der Waals surface area contributed by atoms with E-state index in [0.717, 1.165) is 16.1 Å². The second kappa shape index (κ2) is 7.51. The van der Waals surface area contributed by atoms with Gasteiger partial charge >= 0.3 is 0 Å². The number of ether oxygens (including phenoxy) is 3. The number of carbonyl (C=O) groups is 2. The Bertz CT molecular complexity index is 980. The van der Waals surface area contributed by atoms with Crippen LogP contribution in [0.1, 0.15) is 18.4 Å². The van der Waals surface area contributed by atoms with E-state index < -0.39 is 4.87 Å². The second-order valence-electron chi connectivity index (χ2n) is 6.79. The Balaban J connectivity index is 1.59. The summed E-state index contributed by atoms with van der Waals surface area (Å²) in [5, 5.41) is 2.99. The summed E-state index contributed by atoms with van der Waals surface area (Å²) in [7, 11) is 4.67. The summed E-state index contributed by atoms with van der Waals surface area (Å²) in [4.78, 5) is 27.5. The number of para-hydroxylation sites is 1. The molecule has 0 radical (unpaired) electrons. The van der Waals surface area contributed by atoms with Gasteiger partial charge in [0.1, 0.15) is 5.75 Å². The highest BCUT2D eigenvalue weighted by molar-refractivity contribution is 8.02. The van der Waals surface area contributed by atoms with Crippen LogP contribution in [0.4, 0.5) is 5.69 Å². The fourth-order valence-corrected chi connectivity index (χ4v) is 5.28. The number of methoxy groups -OCH3 is 3. The van der Waals surface area contributed by atoms with Crippen LogP contribution in [0.2, 0.25) is 0 Å². The predicted octanol–water partition coefficient (Wildman–Crippen LogP) is 2.96. The van der Waals surface area contributed by atoms with Crippen molar-refractivity contribution in [2.75, 3.05) is 26.2 Å². The summed E-state index contributed by atoms with van der Waals surface area (Å²) in [5.41, 5.74) is 1.56. The number of thioether (sulfide) groups is 1. The van der Waals surface area contributed by atoms with Gasteiger partial charge in [0.15, 0.2) is 16.4 Å². The predicted molar refractivity (Wildman–Crippen MR) is 110 cm³/mol. The van der Waals surface area contributed by atoms with E-state index in [0.29, 0.717) is 30.1 Å². The van der Waals surface area contributed by atoms with Crippen molar-refractivity contribution in [3.05, 3.63) is 42.0 Å². The molecule has 2 aromatic rings. The summed E-state index contributed by atoms with van der Waals surface area (Å²) in [6.45, 7) is 0.239. The highest BCUT2D eigenvalue weighted by Gasteiger charge is 2.57. The molecule has 2 aliphatic rings. The molecule has 0 aromatic heterocycles. The van der Waals surface area contributed by atoms with Gasteiger partial charge in [-0.05, 0) is 24.6 Å². The minimum absolute atomic E-state index is 0.0266. The lowest BCUT2D eigenvalue weighted by molar-refractivity contribution is -0.124. The number of anilines is 1. The number of fused-ring (bicyclic) bond motifs is 3. The summed E-state index contributed by atoms with van der Waals surface area (Å²) in [6.07, 6.45) is 0.828. The van der Waals surface area contributed by atoms with E-state index >= 15 is 0 Å². The van der Waals surface area contributed by atoms with Crippen LogP contribution in [-0.2, 0) is 16.1 Å². The number of amides is 2. The van der Waals surface area contributed by atoms with Gasteiger partial charge < -0.3 is 19.5 Å². The van der Waals surface area contributed by atoms with Gasteiger partial charge in [-0.3, -0.25) is 14.5 Å². The molecule has 1 N–H and O–H groups in total. The van der Waals surface area contributed by atoms with Crippen molar-refractivity contribution in [2.45, 2.75) is 29.2 Å². The second-order valence-corrected chi connectivity index (χ2v) is 8.10. The van der Waals surface area contributed by atoms with Gasteiger partial charge in [-0.25, -0.2) is 0 Å². The molecule has 29 heavy (non-hydrogen) atoms. The molecule has 0 spiro atoms. The maximum Gasteiger partial charge on any atom is 0.257 e. The van der Waals surface area contributed by atoms with Gasteiger partial charge in [0.2, 0.25) is 5.91 Å². The highest BCUT2D eigenvalue weighted by Crippen LogP contribution is 2.55. The molecule has 152 valence electrons. The molecule has 1 atom stereocenters. The molecule has 0 bridgehead atoms. The molecule has 2 aromatic carbocycles. The van der Waals surface area contributed by atoms with Crippen molar-refractivity contribution >= 4 is 29.3 Å². The van der Waals surface area contributed by atoms with Gasteiger partial charge in [-0.1, -0.05) is 23.9 Å². The first-order valence-electron chi connectivity index (χ1n) is 9.22. The first-order chi connectivity index (χ1) is 14.0. The maximum atomic E-state index is 13.3. The summed E-state index contributed by atoms with van der Waals surface area (Å²) in [5.74, 6) is 1.47. The van der Waals surface area contributed by atoms with Gasteiger partial charge in [-0.2, -0.15) is 0 Å². The number of nitrogens with zero attached hydrogens (tertiary/aromatic N) is 1. The van der Waals surface area contributed by atoms with Crippen molar-refractivity contribution in [3.63, 3.8) is 0 Å². The Morgan fingerprint density at radius 2 is 1.79 bits per heavy atom. The van der Waals surface area contributed by atoms with Gasteiger partial charge in [0.05, 0.1) is 27.0 Å². The monoisotopic (exact) mass is 414 g/mol. The van der Waals surface area contributed by atoms with Crippen molar-refractivity contribution < 1.29 is 23.8 Å². The van der Waals surface area contributed by atoms with E-state index in [1.54, 1.807) is 38.4 Å². The van der Waals surface area contributed by atoms with Crippen molar-refractivity contribution in [1.29, 1.82) is 0 Å². The van der Waals surface area contributed by atoms with Crippen LogP contribution in [0.25, 0.3) is 0 Å². The van der Waals surface area contributed by atoms with Crippen LogP contribution in [0.5, 0.6) is 17.2 Å². The van der Waals surface area contributed by atoms with E-state index in [1.165, 1.54) is 11.8 Å². The van der Waals surface area contributed by atoms with Crippen LogP contribution in [0, 0.1) is 0 Å². The minimum atomic E-state index is -0.940. The van der Waals surface area contributed by atoms with E-state index in [1.807, 2.05) is 24.3 Å². The molecular formula is C21H22N2O5S. The fourth-order valence-electron chi connectivity index (χ4n) is 3.84. The van der Waals surface area contributed by atoms with Crippen molar-refractivity contribution in [1.82, 2.24) is 5.32 Å². The van der Waals surface area contributed by atoms with Crippen molar-refractivity contribution in [2.24, 2.45) is 0 Å². The normalized spacial score (nSPS) is 19.6. The smallest absolute Gasteiger partial charge is 0.257 e. The molecule has 8 heteroatoms. The topological polar surface area (TPSA) is 77.1 Å². The number of hydrogen-bond donors (Lipinski definition) is 1. The molecule has 0 saturated carbocycles. The van der Waals surface area contributed by atoms with Crippen LogP contribution in [-0.4, -0.2) is 38.0 Å². The quantitative estimate of drug-likeness (QED) is 0.783. The molecule has 2 amide bonds. The van der Waals surface area contributed by atoms with Gasteiger partial charge in [-0.15, -0.1) is 0 Å². The zero-order valence-corrected chi connectivity index (χ0v) is 17.3. The molecule has 1 unspecified atom stereocenters. The SMILES string of the molecule is COc1cc(OC)c(OC)cc1CNC(=O)C12CCC(=O)N1c1ccccc1S2. The number of carbonyl (C=O) groups excluding carboxylic acids is 2. The first kappa shape index (κ1) is 19.4. The summed E-state index contributed by atoms with van der Waals surface area (Å²) >= 11 is 1.44. The first-order valence-corrected chi connectivity index (χ1v) is 10.0. The van der Waals surface area contributed by atoms with E-state index in [2.05, 4.69) is 5.32 Å². The van der Waals surface area contributed by atoms with E-state index in [4.69, 9.17) is 14.2 Å². The minimum Gasteiger partial charge on any atom is -0.496 e. The third kappa shape index (κ3) is 3.07. The molecule has 1 fully saturated rings. The average molecular weight is 414 g/mol. The standard InChI is InChI=1S/C21H22N2O5S/c1-26-15-11-17(28-3)16(27-2)10-13(15)12-22-20(25)21-9-8-19(24)23(21)14-6-4-5-7-18(14)29-21/h4-7,10-11H,8-9,12H2,1-3H3,(H,22,25). The average Bonchev–Trinajstić information content (AvgIpc) is 3.26. The Kier molecular flexibility index (Phi) is 5.04. The van der Waals surface area contributed by atoms with Crippen LogP contribution >= 0.6 is 11.8 Å². The third-order valence-electron chi connectivity index (χ3n) is 5.25. The lowest BCUT2D eigenvalue weighted by atomic mass is 10.1. The number of nitrogens with one attached hydrogen (secondary N) is 1. The molecule has 4 rings (SSSR count). The Morgan fingerprint density at radius 1 is 1.10 bits per heavy atom. The molecule has 2 heterocycles. The Morgan fingerprint density at radius 3 is 2.52 bits per heavy atom. The molecule has 7 nitrogen and oxygen atoms in total. The van der Waals surface area contributed by atoms with Gasteiger partial charge in [0, 0.05) is 29.5 Å². The molecule has 0 aliphatic carbocycles. The van der Waals surface area contributed by atoms with Crippen LogP contribution in [0.15, 0.2) is 41.3 Å². The largest absolute Gasteiger partial charge is 0.496 e. The fraction of sp³-hybridized carbons (Fsp3) is 0.333. The maximum absolute atomic E-state index is 13.3. The summed E-state index contributed by atoms with van der Waals surface area (Å²) < 4.78 is 16.1. The van der Waals surface area contributed by atoms with Crippen molar-refractivity contribution in [3.8, 4) is 17.2 Å². The number of hydrogen-bond acceptors (Lipinski definition) is 6. The van der Waals surface area contributed by atoms with E-state index in [9.17, 15) is 9.59 Å². The number of rotatable bonds is 6. The highest BCUT2D eigenvalue weighted by atomic mass is 32.2. The summed E-state index contributed by atoms with van der Waals surface area (Å²) in [6, 6.07) is 11.1. The number of benzene rings is 2. The van der Waals surface area contributed by atoms with Crippen LogP contribution in [0.3, 0.4) is 0 Å². The molecule has 2 aliphatic heterocycles. The lowest BCUT2D eigenvalue weighted by Gasteiger charge is -2.29. The van der Waals surface area contributed by atoms with Crippen LogP contribution < -0.4 is 24.4 Å². The Hall–Kier alpha value is -2.87. The molecular weight excluding hydrogens is 392 g/mol.